The Morgan fingerprint density at radius 1 is 1.00 bits per heavy atom. The number of aryl methyl sites for hydroxylation is 1. The molecule has 5 nitrogen and oxygen atoms in total. The zero-order valence-electron chi connectivity index (χ0n) is 15.8. The van der Waals surface area contributed by atoms with E-state index in [4.69, 9.17) is 4.74 Å². The van der Waals surface area contributed by atoms with Crippen molar-refractivity contribution in [2.24, 2.45) is 0 Å². The maximum atomic E-state index is 12.2. The second kappa shape index (κ2) is 8.52. The van der Waals surface area contributed by atoms with Crippen molar-refractivity contribution in [3.05, 3.63) is 65.2 Å². The lowest BCUT2D eigenvalue weighted by atomic mass is 9.84. The van der Waals surface area contributed by atoms with Crippen LogP contribution in [0.15, 0.2) is 48.5 Å². The van der Waals surface area contributed by atoms with Gasteiger partial charge in [-0.2, -0.15) is 0 Å². The molecule has 5 heteroatoms. The lowest BCUT2D eigenvalue weighted by Gasteiger charge is -2.26. The SMILES string of the molecule is CCOC(=O)c1ccc(NC(=O)NCC(C)(C)c2ccc(C)cc2)cc1. The summed E-state index contributed by atoms with van der Waals surface area (Å²) in [5, 5.41) is 5.67. The van der Waals surface area contributed by atoms with E-state index in [9.17, 15) is 9.59 Å². The van der Waals surface area contributed by atoms with Crippen LogP contribution in [0, 0.1) is 6.92 Å². The van der Waals surface area contributed by atoms with E-state index in [1.165, 1.54) is 11.1 Å². The van der Waals surface area contributed by atoms with E-state index in [2.05, 4.69) is 55.7 Å². The van der Waals surface area contributed by atoms with Crippen molar-refractivity contribution in [2.75, 3.05) is 18.5 Å². The normalized spacial score (nSPS) is 10.9. The minimum atomic E-state index is -0.372. The predicted molar refractivity (Wildman–Crippen MR) is 104 cm³/mol. The first kappa shape index (κ1) is 19.5. The molecule has 0 spiro atoms. The standard InChI is InChI=1S/C21H26N2O3/c1-5-26-19(24)16-8-12-18(13-9-16)23-20(25)22-14-21(3,4)17-10-6-15(2)7-11-17/h6-13H,5,14H2,1-4H3,(H2,22,23,25). The molecule has 0 saturated carbocycles. The third-order valence-electron chi connectivity index (χ3n) is 4.18. The number of nitrogens with one attached hydrogen (secondary N) is 2. The molecule has 0 aliphatic rings. The number of carbonyl (C=O) groups is 2. The van der Waals surface area contributed by atoms with Gasteiger partial charge in [0.25, 0.3) is 0 Å². The quantitative estimate of drug-likeness (QED) is 0.761. The summed E-state index contributed by atoms with van der Waals surface area (Å²) < 4.78 is 4.94. The van der Waals surface area contributed by atoms with Crippen LogP contribution in [0.1, 0.15) is 42.3 Å². The van der Waals surface area contributed by atoms with Gasteiger partial charge in [0.2, 0.25) is 0 Å². The highest BCUT2D eigenvalue weighted by atomic mass is 16.5. The highest BCUT2D eigenvalue weighted by Gasteiger charge is 2.21. The van der Waals surface area contributed by atoms with Gasteiger partial charge in [-0.15, -0.1) is 0 Å². The molecule has 2 amide bonds. The van der Waals surface area contributed by atoms with Crippen LogP contribution >= 0.6 is 0 Å². The third kappa shape index (κ3) is 5.34. The van der Waals surface area contributed by atoms with E-state index in [0.29, 0.717) is 24.4 Å². The van der Waals surface area contributed by atoms with Crippen molar-refractivity contribution in [2.45, 2.75) is 33.1 Å². The van der Waals surface area contributed by atoms with E-state index >= 15 is 0 Å². The average molecular weight is 354 g/mol. The molecule has 0 atom stereocenters. The summed E-state index contributed by atoms with van der Waals surface area (Å²) in [6, 6.07) is 14.6. The van der Waals surface area contributed by atoms with Crippen LogP contribution in [0.3, 0.4) is 0 Å². The maximum absolute atomic E-state index is 12.2. The zero-order valence-corrected chi connectivity index (χ0v) is 15.8. The molecule has 0 aliphatic heterocycles. The fraction of sp³-hybridized carbons (Fsp3) is 0.333. The number of amides is 2. The minimum Gasteiger partial charge on any atom is -0.462 e. The number of urea groups is 1. The van der Waals surface area contributed by atoms with Gasteiger partial charge in [0.1, 0.15) is 0 Å². The van der Waals surface area contributed by atoms with E-state index in [1.54, 1.807) is 31.2 Å². The fourth-order valence-electron chi connectivity index (χ4n) is 2.49. The van der Waals surface area contributed by atoms with Crippen molar-refractivity contribution in [3.63, 3.8) is 0 Å². The molecule has 0 aromatic heterocycles. The van der Waals surface area contributed by atoms with Gasteiger partial charge in [0.05, 0.1) is 12.2 Å². The Kier molecular flexibility index (Phi) is 6.39. The van der Waals surface area contributed by atoms with E-state index in [1.807, 2.05) is 0 Å². The van der Waals surface area contributed by atoms with Crippen LogP contribution in [0.2, 0.25) is 0 Å². The monoisotopic (exact) mass is 354 g/mol. The Morgan fingerprint density at radius 3 is 2.19 bits per heavy atom. The van der Waals surface area contributed by atoms with Crippen LogP contribution in [-0.4, -0.2) is 25.2 Å². The van der Waals surface area contributed by atoms with Gasteiger partial charge in [-0.25, -0.2) is 9.59 Å². The molecule has 0 bridgehead atoms. The number of hydrogen-bond donors (Lipinski definition) is 2. The van der Waals surface area contributed by atoms with Gasteiger partial charge in [0, 0.05) is 17.6 Å². The van der Waals surface area contributed by atoms with Crippen LogP contribution in [0.5, 0.6) is 0 Å². The lowest BCUT2D eigenvalue weighted by Crippen LogP contribution is -2.38. The Hall–Kier alpha value is -2.82. The van der Waals surface area contributed by atoms with Gasteiger partial charge in [-0.1, -0.05) is 43.7 Å². The molecule has 2 rings (SSSR count). The molecular weight excluding hydrogens is 328 g/mol. The number of carbonyl (C=O) groups excluding carboxylic acids is 2. The van der Waals surface area contributed by atoms with Crippen LogP contribution < -0.4 is 10.6 Å². The Bertz CT molecular complexity index is 750. The van der Waals surface area contributed by atoms with Crippen LogP contribution in [-0.2, 0) is 10.2 Å². The first-order valence-corrected chi connectivity index (χ1v) is 8.71. The summed E-state index contributed by atoms with van der Waals surface area (Å²) >= 11 is 0. The Morgan fingerprint density at radius 2 is 1.62 bits per heavy atom. The minimum absolute atomic E-state index is 0.182. The van der Waals surface area contributed by atoms with Gasteiger partial charge in [-0.3, -0.25) is 0 Å². The fourth-order valence-corrected chi connectivity index (χ4v) is 2.49. The Labute approximate surface area is 154 Å². The number of anilines is 1. The third-order valence-corrected chi connectivity index (χ3v) is 4.18. The number of esters is 1. The highest BCUT2D eigenvalue weighted by molar-refractivity contribution is 5.92. The summed E-state index contributed by atoms with van der Waals surface area (Å²) in [4.78, 5) is 23.8. The van der Waals surface area contributed by atoms with Crippen molar-refractivity contribution in [3.8, 4) is 0 Å². The summed E-state index contributed by atoms with van der Waals surface area (Å²) in [5.41, 5.74) is 3.27. The molecule has 0 aliphatic carbocycles. The topological polar surface area (TPSA) is 67.4 Å². The largest absolute Gasteiger partial charge is 0.462 e. The van der Waals surface area contributed by atoms with Crippen LogP contribution in [0.4, 0.5) is 10.5 Å². The summed E-state index contributed by atoms with van der Waals surface area (Å²) in [6.07, 6.45) is 0. The second-order valence-electron chi connectivity index (χ2n) is 6.86. The molecule has 2 aromatic carbocycles. The second-order valence-corrected chi connectivity index (χ2v) is 6.86. The van der Waals surface area contributed by atoms with Crippen molar-refractivity contribution < 1.29 is 14.3 Å². The molecule has 138 valence electrons. The van der Waals surface area contributed by atoms with Crippen molar-refractivity contribution in [1.82, 2.24) is 5.32 Å². The smallest absolute Gasteiger partial charge is 0.338 e. The van der Waals surface area contributed by atoms with Gasteiger partial charge in [0.15, 0.2) is 0 Å². The van der Waals surface area contributed by atoms with Crippen molar-refractivity contribution in [1.29, 1.82) is 0 Å². The number of benzene rings is 2. The first-order valence-electron chi connectivity index (χ1n) is 8.71. The predicted octanol–water partition coefficient (Wildman–Crippen LogP) is 4.27. The highest BCUT2D eigenvalue weighted by Crippen LogP contribution is 2.22. The summed E-state index contributed by atoms with van der Waals surface area (Å²) in [7, 11) is 0. The lowest BCUT2D eigenvalue weighted by molar-refractivity contribution is 0.0526. The maximum Gasteiger partial charge on any atom is 0.338 e. The van der Waals surface area contributed by atoms with Gasteiger partial charge >= 0.3 is 12.0 Å². The zero-order chi connectivity index (χ0) is 19.2. The van der Waals surface area contributed by atoms with E-state index in [0.717, 1.165) is 0 Å². The van der Waals surface area contributed by atoms with E-state index in [-0.39, 0.29) is 17.4 Å². The molecule has 2 N–H and O–H groups in total. The van der Waals surface area contributed by atoms with Crippen LogP contribution in [0.25, 0.3) is 0 Å². The average Bonchev–Trinajstić information content (AvgIpc) is 2.61. The number of ether oxygens (including phenoxy) is 1. The molecule has 0 fully saturated rings. The molecule has 0 radical (unpaired) electrons. The summed E-state index contributed by atoms with van der Waals surface area (Å²) in [5.74, 6) is -0.372. The molecule has 0 heterocycles. The molecule has 26 heavy (non-hydrogen) atoms. The van der Waals surface area contributed by atoms with Crippen molar-refractivity contribution >= 4 is 17.7 Å². The van der Waals surface area contributed by atoms with Gasteiger partial charge < -0.3 is 15.4 Å². The molecular formula is C21H26N2O3. The molecule has 0 unspecified atom stereocenters. The van der Waals surface area contributed by atoms with E-state index < -0.39 is 0 Å². The number of hydrogen-bond acceptors (Lipinski definition) is 3. The molecule has 2 aromatic rings. The molecule has 0 saturated heterocycles. The first-order chi connectivity index (χ1) is 12.3. The summed E-state index contributed by atoms with van der Waals surface area (Å²) in [6.45, 7) is 8.82. The number of rotatable bonds is 6. The Balaban J connectivity index is 1.90. The van der Waals surface area contributed by atoms with Gasteiger partial charge in [-0.05, 0) is 43.7 Å².